The van der Waals surface area contributed by atoms with Gasteiger partial charge in [0.25, 0.3) is 0 Å². The monoisotopic (exact) mass is 217 g/mol. The Morgan fingerprint density at radius 1 is 1.25 bits per heavy atom. The summed E-state index contributed by atoms with van der Waals surface area (Å²) in [4.78, 5) is 0. The molecular formula is C14H19NO. The first-order chi connectivity index (χ1) is 7.90. The fourth-order valence-corrected chi connectivity index (χ4v) is 3.08. The SMILES string of the molecule is COc1cccc2c1C(C1CCC1)CCN2. The quantitative estimate of drug-likeness (QED) is 0.819. The largest absolute Gasteiger partial charge is 0.496 e. The molecule has 0 spiro atoms. The van der Waals surface area contributed by atoms with Gasteiger partial charge >= 0.3 is 0 Å². The number of anilines is 1. The molecule has 1 heterocycles. The average Bonchev–Trinajstić information content (AvgIpc) is 2.26. The van der Waals surface area contributed by atoms with Crippen molar-refractivity contribution in [2.45, 2.75) is 31.6 Å². The molecule has 2 heteroatoms. The Labute approximate surface area is 97.0 Å². The lowest BCUT2D eigenvalue weighted by Crippen LogP contribution is -2.27. The van der Waals surface area contributed by atoms with Crippen LogP contribution in [-0.4, -0.2) is 13.7 Å². The van der Waals surface area contributed by atoms with Gasteiger partial charge in [0.1, 0.15) is 5.75 Å². The third-order valence-corrected chi connectivity index (χ3v) is 4.15. The summed E-state index contributed by atoms with van der Waals surface area (Å²) in [6, 6.07) is 6.36. The predicted octanol–water partition coefficient (Wildman–Crippen LogP) is 3.39. The van der Waals surface area contributed by atoms with Crippen LogP contribution in [0.25, 0.3) is 0 Å². The Hall–Kier alpha value is -1.18. The zero-order chi connectivity index (χ0) is 11.0. The molecule has 0 aromatic heterocycles. The van der Waals surface area contributed by atoms with Gasteiger partial charge in [-0.2, -0.15) is 0 Å². The third kappa shape index (κ3) is 1.48. The summed E-state index contributed by atoms with van der Waals surface area (Å²) in [5, 5.41) is 3.49. The second kappa shape index (κ2) is 4.00. The Morgan fingerprint density at radius 2 is 2.12 bits per heavy atom. The molecule has 1 N–H and O–H groups in total. The van der Waals surface area contributed by atoms with E-state index in [2.05, 4.69) is 23.5 Å². The fraction of sp³-hybridized carbons (Fsp3) is 0.571. The highest BCUT2D eigenvalue weighted by Crippen LogP contribution is 2.48. The van der Waals surface area contributed by atoms with Gasteiger partial charge in [-0.25, -0.2) is 0 Å². The molecule has 1 aliphatic heterocycles. The van der Waals surface area contributed by atoms with Crippen LogP contribution in [-0.2, 0) is 0 Å². The zero-order valence-corrected chi connectivity index (χ0v) is 9.83. The van der Waals surface area contributed by atoms with Crippen molar-refractivity contribution in [3.63, 3.8) is 0 Å². The molecule has 0 saturated heterocycles. The van der Waals surface area contributed by atoms with E-state index in [1.54, 1.807) is 7.11 Å². The summed E-state index contributed by atoms with van der Waals surface area (Å²) in [5.74, 6) is 2.69. The van der Waals surface area contributed by atoms with Crippen LogP contribution in [0.5, 0.6) is 5.75 Å². The van der Waals surface area contributed by atoms with E-state index in [1.807, 2.05) is 0 Å². The number of nitrogens with one attached hydrogen (secondary N) is 1. The van der Waals surface area contributed by atoms with Gasteiger partial charge in [-0.15, -0.1) is 0 Å². The number of ether oxygens (including phenoxy) is 1. The maximum atomic E-state index is 5.52. The summed E-state index contributed by atoms with van der Waals surface area (Å²) < 4.78 is 5.52. The van der Waals surface area contributed by atoms with Crippen LogP contribution in [0.4, 0.5) is 5.69 Å². The van der Waals surface area contributed by atoms with Crippen LogP contribution in [0.15, 0.2) is 18.2 Å². The van der Waals surface area contributed by atoms with Gasteiger partial charge < -0.3 is 10.1 Å². The van der Waals surface area contributed by atoms with Crippen LogP contribution in [0.1, 0.15) is 37.2 Å². The van der Waals surface area contributed by atoms with E-state index >= 15 is 0 Å². The van der Waals surface area contributed by atoms with Gasteiger partial charge in [0, 0.05) is 17.8 Å². The van der Waals surface area contributed by atoms with Crippen LogP contribution < -0.4 is 10.1 Å². The van der Waals surface area contributed by atoms with Gasteiger partial charge in [-0.1, -0.05) is 12.5 Å². The van der Waals surface area contributed by atoms with E-state index < -0.39 is 0 Å². The molecule has 2 nitrogen and oxygen atoms in total. The number of methoxy groups -OCH3 is 1. The number of hydrogen-bond donors (Lipinski definition) is 1. The van der Waals surface area contributed by atoms with Crippen molar-refractivity contribution < 1.29 is 4.74 Å². The van der Waals surface area contributed by atoms with Gasteiger partial charge in [0.05, 0.1) is 7.11 Å². The maximum Gasteiger partial charge on any atom is 0.124 e. The van der Waals surface area contributed by atoms with E-state index in [9.17, 15) is 0 Å². The first-order valence-corrected chi connectivity index (χ1v) is 6.31. The molecule has 0 radical (unpaired) electrons. The number of rotatable bonds is 2. The lowest BCUT2D eigenvalue weighted by Gasteiger charge is -2.38. The van der Waals surface area contributed by atoms with Crippen molar-refractivity contribution in [3.8, 4) is 5.75 Å². The number of fused-ring (bicyclic) bond motifs is 1. The molecule has 1 aliphatic carbocycles. The lowest BCUT2D eigenvalue weighted by molar-refractivity contribution is 0.247. The zero-order valence-electron chi connectivity index (χ0n) is 9.83. The predicted molar refractivity (Wildman–Crippen MR) is 66.2 cm³/mol. The highest BCUT2D eigenvalue weighted by Gasteiger charge is 2.33. The highest BCUT2D eigenvalue weighted by molar-refractivity contribution is 5.61. The highest BCUT2D eigenvalue weighted by atomic mass is 16.5. The van der Waals surface area contributed by atoms with E-state index in [4.69, 9.17) is 4.74 Å². The fourth-order valence-electron chi connectivity index (χ4n) is 3.08. The molecule has 1 saturated carbocycles. The molecule has 0 bridgehead atoms. The second-order valence-corrected chi connectivity index (χ2v) is 4.93. The minimum absolute atomic E-state index is 0.723. The average molecular weight is 217 g/mol. The minimum Gasteiger partial charge on any atom is -0.496 e. The normalized spacial score (nSPS) is 24.2. The van der Waals surface area contributed by atoms with Crippen molar-refractivity contribution in [2.24, 2.45) is 5.92 Å². The molecule has 1 aromatic carbocycles. The first-order valence-electron chi connectivity index (χ1n) is 6.31. The summed E-state index contributed by atoms with van der Waals surface area (Å²) >= 11 is 0. The molecule has 86 valence electrons. The van der Waals surface area contributed by atoms with Crippen molar-refractivity contribution in [1.82, 2.24) is 0 Å². The van der Waals surface area contributed by atoms with E-state index in [0.29, 0.717) is 0 Å². The van der Waals surface area contributed by atoms with Crippen LogP contribution in [0.2, 0.25) is 0 Å². The molecular weight excluding hydrogens is 198 g/mol. The Bertz CT molecular complexity index is 370. The van der Waals surface area contributed by atoms with Crippen molar-refractivity contribution in [2.75, 3.05) is 19.0 Å². The summed E-state index contributed by atoms with van der Waals surface area (Å²) in [5.41, 5.74) is 2.73. The maximum absolute atomic E-state index is 5.52. The van der Waals surface area contributed by atoms with Crippen molar-refractivity contribution >= 4 is 5.69 Å². The number of benzene rings is 1. The van der Waals surface area contributed by atoms with Gasteiger partial charge in [0.15, 0.2) is 0 Å². The summed E-state index contributed by atoms with van der Waals surface area (Å²) in [6.45, 7) is 1.11. The second-order valence-electron chi connectivity index (χ2n) is 4.93. The van der Waals surface area contributed by atoms with Gasteiger partial charge in [0.2, 0.25) is 0 Å². The Kier molecular flexibility index (Phi) is 2.50. The lowest BCUT2D eigenvalue weighted by atomic mass is 9.70. The molecule has 1 unspecified atom stereocenters. The van der Waals surface area contributed by atoms with Crippen LogP contribution in [0.3, 0.4) is 0 Å². The van der Waals surface area contributed by atoms with E-state index in [1.165, 1.54) is 36.9 Å². The molecule has 1 atom stereocenters. The Morgan fingerprint density at radius 3 is 2.81 bits per heavy atom. The molecule has 3 rings (SSSR count). The van der Waals surface area contributed by atoms with E-state index in [0.717, 1.165) is 24.1 Å². The molecule has 1 fully saturated rings. The molecule has 0 amide bonds. The van der Waals surface area contributed by atoms with Crippen molar-refractivity contribution in [3.05, 3.63) is 23.8 Å². The molecule has 16 heavy (non-hydrogen) atoms. The summed E-state index contributed by atoms with van der Waals surface area (Å²) in [7, 11) is 1.78. The van der Waals surface area contributed by atoms with Crippen LogP contribution in [0, 0.1) is 5.92 Å². The molecule has 1 aromatic rings. The van der Waals surface area contributed by atoms with Gasteiger partial charge in [-0.3, -0.25) is 0 Å². The van der Waals surface area contributed by atoms with Crippen molar-refractivity contribution in [1.29, 1.82) is 0 Å². The minimum atomic E-state index is 0.723. The molecule has 2 aliphatic rings. The van der Waals surface area contributed by atoms with Gasteiger partial charge in [-0.05, 0) is 43.2 Å². The van der Waals surface area contributed by atoms with Crippen LogP contribution >= 0.6 is 0 Å². The third-order valence-electron chi connectivity index (χ3n) is 4.15. The first kappa shape index (κ1) is 10.0. The van der Waals surface area contributed by atoms with E-state index in [-0.39, 0.29) is 0 Å². The topological polar surface area (TPSA) is 21.3 Å². The smallest absolute Gasteiger partial charge is 0.124 e. The number of hydrogen-bond acceptors (Lipinski definition) is 2. The standard InChI is InChI=1S/C14H19NO/c1-16-13-7-3-6-12-14(13)11(8-9-15-12)10-4-2-5-10/h3,6-7,10-11,15H,2,4-5,8-9H2,1H3. The Balaban J connectivity index is 2.01. The summed E-state index contributed by atoms with van der Waals surface area (Å²) in [6.07, 6.45) is 5.49.